The summed E-state index contributed by atoms with van der Waals surface area (Å²) in [4.78, 5) is 24.9. The number of carbonyl (C=O) groups is 2. The lowest BCUT2D eigenvalue weighted by Gasteiger charge is -2.08. The molecule has 2 amide bonds. The van der Waals surface area contributed by atoms with Gasteiger partial charge in [-0.1, -0.05) is 12.1 Å². The van der Waals surface area contributed by atoms with Crippen LogP contribution >= 0.6 is 11.8 Å². The van der Waals surface area contributed by atoms with E-state index >= 15 is 0 Å². The van der Waals surface area contributed by atoms with Crippen molar-refractivity contribution in [2.24, 2.45) is 0 Å². The van der Waals surface area contributed by atoms with Gasteiger partial charge in [0.1, 0.15) is 0 Å². The van der Waals surface area contributed by atoms with Crippen LogP contribution < -0.4 is 20.1 Å². The molecule has 1 aliphatic heterocycles. The van der Waals surface area contributed by atoms with Crippen molar-refractivity contribution in [3.63, 3.8) is 0 Å². The van der Waals surface area contributed by atoms with Crippen LogP contribution in [0.2, 0.25) is 0 Å². The molecule has 0 aromatic heterocycles. The van der Waals surface area contributed by atoms with Crippen molar-refractivity contribution in [3.05, 3.63) is 48.0 Å². The molecule has 3 rings (SSSR count). The number of rotatable bonds is 4. The van der Waals surface area contributed by atoms with Crippen LogP contribution in [0.5, 0.6) is 11.5 Å². The molecule has 0 unspecified atom stereocenters. The molecule has 2 aromatic carbocycles. The first-order valence-corrected chi connectivity index (χ1v) is 8.50. The summed E-state index contributed by atoms with van der Waals surface area (Å²) in [5.74, 6) is -0.0761. The molecule has 0 aliphatic carbocycles. The molecule has 0 radical (unpaired) electrons. The van der Waals surface area contributed by atoms with Crippen LogP contribution in [-0.2, 0) is 16.1 Å². The third-order valence-corrected chi connectivity index (χ3v) is 4.15. The molecule has 6 nitrogen and oxygen atoms in total. The van der Waals surface area contributed by atoms with E-state index in [-0.39, 0.29) is 13.3 Å². The first-order chi connectivity index (χ1) is 11.7. The maximum Gasteiger partial charge on any atom is 0.313 e. The molecular weight excluding hydrogens is 328 g/mol. The van der Waals surface area contributed by atoms with E-state index in [1.807, 2.05) is 30.5 Å². The van der Waals surface area contributed by atoms with Gasteiger partial charge in [0, 0.05) is 17.1 Å². The van der Waals surface area contributed by atoms with E-state index < -0.39 is 11.8 Å². The summed E-state index contributed by atoms with van der Waals surface area (Å²) in [5, 5.41) is 5.17. The van der Waals surface area contributed by atoms with Crippen molar-refractivity contribution in [1.29, 1.82) is 0 Å². The summed E-state index contributed by atoms with van der Waals surface area (Å²) >= 11 is 1.56. The zero-order chi connectivity index (χ0) is 16.9. The van der Waals surface area contributed by atoms with Gasteiger partial charge in [-0.3, -0.25) is 9.59 Å². The van der Waals surface area contributed by atoms with E-state index in [1.165, 1.54) is 0 Å². The summed E-state index contributed by atoms with van der Waals surface area (Å²) in [6.07, 6.45) is 1.94. The number of hydrogen-bond acceptors (Lipinski definition) is 5. The van der Waals surface area contributed by atoms with E-state index in [4.69, 9.17) is 9.47 Å². The van der Waals surface area contributed by atoms with Gasteiger partial charge < -0.3 is 20.1 Å². The van der Waals surface area contributed by atoms with Gasteiger partial charge in [0.15, 0.2) is 11.5 Å². The largest absolute Gasteiger partial charge is 0.454 e. The van der Waals surface area contributed by atoms with Crippen LogP contribution in [0.25, 0.3) is 0 Å². The van der Waals surface area contributed by atoms with Crippen LogP contribution in [0.1, 0.15) is 5.56 Å². The highest BCUT2D eigenvalue weighted by Gasteiger charge is 2.16. The van der Waals surface area contributed by atoms with Gasteiger partial charge in [0.25, 0.3) is 0 Å². The van der Waals surface area contributed by atoms with Gasteiger partial charge >= 0.3 is 11.8 Å². The Hall–Kier alpha value is -2.67. The number of thioether (sulfide) groups is 1. The van der Waals surface area contributed by atoms with Gasteiger partial charge in [-0.05, 0) is 42.2 Å². The molecule has 0 bridgehead atoms. The third kappa shape index (κ3) is 3.80. The van der Waals surface area contributed by atoms with Crippen molar-refractivity contribution < 1.29 is 19.1 Å². The molecule has 0 saturated carbocycles. The molecule has 124 valence electrons. The Kier molecular flexibility index (Phi) is 4.90. The molecule has 2 N–H and O–H groups in total. The Labute approximate surface area is 143 Å². The summed E-state index contributed by atoms with van der Waals surface area (Å²) in [6.45, 7) is 0.427. The van der Waals surface area contributed by atoms with Gasteiger partial charge in [-0.2, -0.15) is 0 Å². The van der Waals surface area contributed by atoms with E-state index in [2.05, 4.69) is 10.6 Å². The Bertz CT molecular complexity index is 779. The Morgan fingerprint density at radius 1 is 1.08 bits per heavy atom. The first kappa shape index (κ1) is 16.2. The van der Waals surface area contributed by atoms with Gasteiger partial charge in [0.2, 0.25) is 6.79 Å². The van der Waals surface area contributed by atoms with Crippen LogP contribution in [-0.4, -0.2) is 24.9 Å². The fraction of sp³-hybridized carbons (Fsp3) is 0.176. The monoisotopic (exact) mass is 344 g/mol. The number of carbonyl (C=O) groups excluding carboxylic acids is 2. The summed E-state index contributed by atoms with van der Waals surface area (Å²) < 4.78 is 10.5. The van der Waals surface area contributed by atoms with E-state index in [9.17, 15) is 9.59 Å². The third-order valence-electron chi connectivity index (χ3n) is 3.42. The molecular formula is C17H16N2O4S. The van der Waals surface area contributed by atoms with Crippen LogP contribution in [0, 0.1) is 0 Å². The Balaban J connectivity index is 1.55. The lowest BCUT2D eigenvalue weighted by molar-refractivity contribution is -0.136. The number of fused-ring (bicyclic) bond motifs is 1. The SMILES string of the molecule is CSc1cccc(NC(=O)C(=O)NCc2ccc3c(c2)OCO3)c1. The highest BCUT2D eigenvalue weighted by atomic mass is 32.2. The van der Waals surface area contributed by atoms with Gasteiger partial charge in [0.05, 0.1) is 0 Å². The minimum absolute atomic E-state index is 0.197. The van der Waals surface area contributed by atoms with Crippen molar-refractivity contribution in [2.45, 2.75) is 11.4 Å². The van der Waals surface area contributed by atoms with E-state index in [1.54, 1.807) is 30.0 Å². The van der Waals surface area contributed by atoms with Crippen LogP contribution in [0.15, 0.2) is 47.4 Å². The average molecular weight is 344 g/mol. The molecule has 2 aromatic rings. The molecule has 0 spiro atoms. The second-order valence-electron chi connectivity index (χ2n) is 5.06. The van der Waals surface area contributed by atoms with E-state index in [0.717, 1.165) is 10.5 Å². The van der Waals surface area contributed by atoms with Crippen molar-refractivity contribution in [1.82, 2.24) is 5.32 Å². The predicted octanol–water partition coefficient (Wildman–Crippen LogP) is 2.39. The van der Waals surface area contributed by atoms with Crippen molar-refractivity contribution in [2.75, 3.05) is 18.4 Å². The molecule has 1 heterocycles. The number of anilines is 1. The maximum atomic E-state index is 11.9. The number of nitrogens with one attached hydrogen (secondary N) is 2. The zero-order valence-electron chi connectivity index (χ0n) is 13.0. The van der Waals surface area contributed by atoms with E-state index in [0.29, 0.717) is 17.2 Å². The van der Waals surface area contributed by atoms with Gasteiger partial charge in [-0.15, -0.1) is 11.8 Å². The molecule has 24 heavy (non-hydrogen) atoms. The van der Waals surface area contributed by atoms with Crippen LogP contribution in [0.3, 0.4) is 0 Å². The second-order valence-corrected chi connectivity index (χ2v) is 5.94. The summed E-state index contributed by atoms with van der Waals surface area (Å²) in [7, 11) is 0. The normalized spacial score (nSPS) is 11.9. The molecule has 0 fully saturated rings. The zero-order valence-corrected chi connectivity index (χ0v) is 13.8. The van der Waals surface area contributed by atoms with Gasteiger partial charge in [-0.25, -0.2) is 0 Å². The lowest BCUT2D eigenvalue weighted by Crippen LogP contribution is -2.34. The topological polar surface area (TPSA) is 76.7 Å². The number of ether oxygens (including phenoxy) is 2. The predicted molar refractivity (Wildman–Crippen MR) is 91.3 cm³/mol. The average Bonchev–Trinajstić information content (AvgIpc) is 3.07. The molecule has 1 aliphatic rings. The highest BCUT2D eigenvalue weighted by Crippen LogP contribution is 2.32. The minimum Gasteiger partial charge on any atom is -0.454 e. The lowest BCUT2D eigenvalue weighted by atomic mass is 10.2. The Morgan fingerprint density at radius 2 is 1.92 bits per heavy atom. The van der Waals surface area contributed by atoms with Crippen LogP contribution in [0.4, 0.5) is 5.69 Å². The van der Waals surface area contributed by atoms with Crippen molar-refractivity contribution >= 4 is 29.3 Å². The maximum absolute atomic E-state index is 11.9. The highest BCUT2D eigenvalue weighted by molar-refractivity contribution is 7.98. The molecule has 7 heteroatoms. The minimum atomic E-state index is -0.700. The Morgan fingerprint density at radius 3 is 2.75 bits per heavy atom. The fourth-order valence-electron chi connectivity index (χ4n) is 2.20. The van der Waals surface area contributed by atoms with Crippen molar-refractivity contribution in [3.8, 4) is 11.5 Å². The number of amides is 2. The molecule has 0 atom stereocenters. The summed E-state index contributed by atoms with van der Waals surface area (Å²) in [6, 6.07) is 12.7. The fourth-order valence-corrected chi connectivity index (χ4v) is 2.66. The standard InChI is InChI=1S/C17H16N2O4S/c1-24-13-4-2-3-12(8-13)19-17(21)16(20)18-9-11-5-6-14-15(7-11)23-10-22-14/h2-8H,9-10H2,1H3,(H,18,20)(H,19,21). The second kappa shape index (κ2) is 7.27. The summed E-state index contributed by atoms with van der Waals surface area (Å²) in [5.41, 5.74) is 1.41. The first-order valence-electron chi connectivity index (χ1n) is 7.27. The molecule has 0 saturated heterocycles. The smallest absolute Gasteiger partial charge is 0.313 e. The quantitative estimate of drug-likeness (QED) is 0.658. The number of benzene rings is 2. The number of hydrogen-bond donors (Lipinski definition) is 2.